The molecule has 0 fully saturated rings. The molecule has 2 rings (SSSR count). The van der Waals surface area contributed by atoms with E-state index in [0.29, 0.717) is 0 Å². The molecule has 0 unspecified atom stereocenters. The van der Waals surface area contributed by atoms with Gasteiger partial charge in [0.2, 0.25) is 5.82 Å². The second kappa shape index (κ2) is 4.08. The van der Waals surface area contributed by atoms with E-state index in [2.05, 4.69) is 4.98 Å². The molecule has 0 N–H and O–H groups in total. The second-order valence-electron chi connectivity index (χ2n) is 3.59. The summed E-state index contributed by atoms with van der Waals surface area (Å²) in [6, 6.07) is 0. The third-order valence-corrected chi connectivity index (χ3v) is 2.34. The summed E-state index contributed by atoms with van der Waals surface area (Å²) in [6.07, 6.45) is 0. The summed E-state index contributed by atoms with van der Waals surface area (Å²) < 4.78 is 70.7. The van der Waals surface area contributed by atoms with E-state index in [1.54, 1.807) is 0 Å². The Morgan fingerprint density at radius 1 is 0.778 bits per heavy atom. The summed E-state index contributed by atoms with van der Waals surface area (Å²) in [5.74, 6) is -10.5. The molecule has 0 atom stereocenters. The summed E-state index contributed by atoms with van der Waals surface area (Å²) >= 11 is 0. The van der Waals surface area contributed by atoms with Gasteiger partial charge in [-0.3, -0.25) is 0 Å². The first kappa shape index (κ1) is 12.5. The average Bonchev–Trinajstić information content (AvgIpc) is 2.64. The van der Waals surface area contributed by atoms with Gasteiger partial charge in [-0.2, -0.15) is 0 Å². The minimum Gasteiger partial charge on any atom is -0.441 e. The number of halogens is 5. The molecule has 18 heavy (non-hydrogen) atoms. The van der Waals surface area contributed by atoms with Crippen molar-refractivity contribution in [2.45, 2.75) is 13.8 Å². The van der Waals surface area contributed by atoms with E-state index in [0.717, 1.165) is 0 Å². The van der Waals surface area contributed by atoms with Gasteiger partial charge in [0.1, 0.15) is 0 Å². The molecule has 0 amide bonds. The average molecular weight is 263 g/mol. The quantitative estimate of drug-likeness (QED) is 0.446. The van der Waals surface area contributed by atoms with E-state index in [1.165, 1.54) is 13.8 Å². The summed E-state index contributed by atoms with van der Waals surface area (Å²) in [7, 11) is 0. The van der Waals surface area contributed by atoms with Gasteiger partial charge >= 0.3 is 0 Å². The highest BCUT2D eigenvalue weighted by Gasteiger charge is 2.29. The fraction of sp³-hybridized carbons (Fsp3) is 0.182. The predicted molar refractivity (Wildman–Crippen MR) is 51.2 cm³/mol. The molecule has 1 aromatic heterocycles. The lowest BCUT2D eigenvalue weighted by molar-refractivity contribution is 0.378. The number of aromatic nitrogens is 1. The molecule has 1 heterocycles. The highest BCUT2D eigenvalue weighted by Crippen LogP contribution is 2.33. The van der Waals surface area contributed by atoms with E-state index < -0.39 is 40.4 Å². The van der Waals surface area contributed by atoms with Crippen molar-refractivity contribution in [1.82, 2.24) is 4.98 Å². The Hall–Kier alpha value is -1.92. The standard InChI is InChI=1S/C11H6F5NO/c1-3-11(18-4(2)17-3)5-6(12)8(14)10(16)9(15)7(5)13/h1-2H3. The molecule has 0 aliphatic rings. The third kappa shape index (κ3) is 1.66. The SMILES string of the molecule is Cc1nc(C)c(-c2c(F)c(F)c(F)c(F)c2F)o1. The van der Waals surface area contributed by atoms with Gasteiger partial charge in [-0.15, -0.1) is 0 Å². The molecule has 0 bridgehead atoms. The zero-order valence-corrected chi connectivity index (χ0v) is 9.25. The van der Waals surface area contributed by atoms with Gasteiger partial charge in [-0.05, 0) is 6.92 Å². The van der Waals surface area contributed by atoms with Crippen LogP contribution in [0.1, 0.15) is 11.6 Å². The molecule has 2 nitrogen and oxygen atoms in total. The first-order valence-electron chi connectivity index (χ1n) is 4.80. The third-order valence-electron chi connectivity index (χ3n) is 2.34. The largest absolute Gasteiger partial charge is 0.441 e. The van der Waals surface area contributed by atoms with Crippen molar-refractivity contribution in [1.29, 1.82) is 0 Å². The maximum Gasteiger partial charge on any atom is 0.200 e. The molecule has 0 radical (unpaired) electrons. The van der Waals surface area contributed by atoms with Crippen molar-refractivity contribution in [3.63, 3.8) is 0 Å². The maximum atomic E-state index is 13.5. The number of rotatable bonds is 1. The molecule has 96 valence electrons. The summed E-state index contributed by atoms with van der Waals surface area (Å²) in [4.78, 5) is 3.71. The number of aryl methyl sites for hydroxylation is 2. The van der Waals surface area contributed by atoms with Crippen molar-refractivity contribution in [2.24, 2.45) is 0 Å². The van der Waals surface area contributed by atoms with Crippen LogP contribution in [-0.4, -0.2) is 4.98 Å². The lowest BCUT2D eigenvalue weighted by atomic mass is 10.1. The van der Waals surface area contributed by atoms with Crippen LogP contribution in [0.4, 0.5) is 22.0 Å². The van der Waals surface area contributed by atoms with Gasteiger partial charge in [-0.25, -0.2) is 26.9 Å². The predicted octanol–water partition coefficient (Wildman–Crippen LogP) is 3.65. The molecule has 0 spiro atoms. The van der Waals surface area contributed by atoms with Gasteiger partial charge in [-0.1, -0.05) is 0 Å². The molecule has 0 aliphatic heterocycles. The highest BCUT2D eigenvalue weighted by atomic mass is 19.2. The molecule has 0 saturated carbocycles. The first-order chi connectivity index (χ1) is 8.34. The Balaban J connectivity index is 2.84. The van der Waals surface area contributed by atoms with E-state index in [4.69, 9.17) is 4.42 Å². The second-order valence-corrected chi connectivity index (χ2v) is 3.59. The normalized spacial score (nSPS) is 11.1. The minimum atomic E-state index is -2.21. The fourth-order valence-electron chi connectivity index (χ4n) is 1.57. The van der Waals surface area contributed by atoms with Crippen LogP contribution in [-0.2, 0) is 0 Å². The van der Waals surface area contributed by atoms with E-state index in [1.807, 2.05) is 0 Å². The van der Waals surface area contributed by atoms with Gasteiger partial charge in [0.15, 0.2) is 34.9 Å². The van der Waals surface area contributed by atoms with Crippen LogP contribution in [0.5, 0.6) is 0 Å². The monoisotopic (exact) mass is 263 g/mol. The molecule has 0 saturated heterocycles. The Morgan fingerprint density at radius 3 is 1.61 bits per heavy atom. The molecular weight excluding hydrogens is 257 g/mol. The number of nitrogens with zero attached hydrogens (tertiary/aromatic N) is 1. The van der Waals surface area contributed by atoms with Crippen LogP contribution in [0.2, 0.25) is 0 Å². The fourth-order valence-corrected chi connectivity index (χ4v) is 1.57. The Morgan fingerprint density at radius 2 is 1.22 bits per heavy atom. The van der Waals surface area contributed by atoms with E-state index in [9.17, 15) is 22.0 Å². The first-order valence-corrected chi connectivity index (χ1v) is 4.80. The van der Waals surface area contributed by atoms with Gasteiger partial charge in [0.05, 0.1) is 11.3 Å². The van der Waals surface area contributed by atoms with Crippen molar-refractivity contribution in [2.75, 3.05) is 0 Å². The Labute approximate surface area is 98.1 Å². The highest BCUT2D eigenvalue weighted by molar-refractivity contribution is 5.62. The topological polar surface area (TPSA) is 26.0 Å². The summed E-state index contributed by atoms with van der Waals surface area (Å²) in [5, 5.41) is 0. The number of benzene rings is 1. The van der Waals surface area contributed by atoms with Crippen molar-refractivity contribution in [3.05, 3.63) is 40.7 Å². The number of hydrogen-bond donors (Lipinski definition) is 0. The zero-order valence-electron chi connectivity index (χ0n) is 9.25. The molecule has 1 aromatic carbocycles. The van der Waals surface area contributed by atoms with Crippen molar-refractivity contribution in [3.8, 4) is 11.3 Å². The van der Waals surface area contributed by atoms with E-state index in [-0.39, 0.29) is 11.6 Å². The summed E-state index contributed by atoms with van der Waals surface area (Å²) in [5.41, 5.74) is -1.07. The number of hydrogen-bond acceptors (Lipinski definition) is 2. The van der Waals surface area contributed by atoms with Crippen LogP contribution < -0.4 is 0 Å². The van der Waals surface area contributed by atoms with Crippen LogP contribution >= 0.6 is 0 Å². The molecule has 7 heteroatoms. The molecule has 0 aliphatic carbocycles. The lowest BCUT2D eigenvalue weighted by Gasteiger charge is -2.06. The van der Waals surface area contributed by atoms with Crippen LogP contribution in [0.25, 0.3) is 11.3 Å². The zero-order chi connectivity index (χ0) is 13.6. The Bertz CT molecular complexity index is 606. The molecule has 2 aromatic rings. The van der Waals surface area contributed by atoms with Gasteiger partial charge in [0.25, 0.3) is 0 Å². The van der Waals surface area contributed by atoms with Crippen LogP contribution in [0, 0.1) is 42.9 Å². The van der Waals surface area contributed by atoms with Crippen LogP contribution in [0.15, 0.2) is 4.42 Å². The number of oxazole rings is 1. The van der Waals surface area contributed by atoms with E-state index >= 15 is 0 Å². The van der Waals surface area contributed by atoms with Crippen LogP contribution in [0.3, 0.4) is 0 Å². The van der Waals surface area contributed by atoms with Crippen molar-refractivity contribution >= 4 is 0 Å². The summed E-state index contributed by atoms with van der Waals surface area (Å²) in [6.45, 7) is 2.73. The smallest absolute Gasteiger partial charge is 0.200 e. The van der Waals surface area contributed by atoms with Gasteiger partial charge in [0, 0.05) is 6.92 Å². The maximum absolute atomic E-state index is 13.5. The van der Waals surface area contributed by atoms with Crippen molar-refractivity contribution < 1.29 is 26.4 Å². The Kier molecular flexibility index (Phi) is 2.84. The lowest BCUT2D eigenvalue weighted by Crippen LogP contribution is -2.04. The minimum absolute atomic E-state index is 0.0377. The van der Waals surface area contributed by atoms with Gasteiger partial charge < -0.3 is 4.42 Å². The molecular formula is C11H6F5NO.